The number of hydrogen-bond donors (Lipinski definition) is 1. The van der Waals surface area contributed by atoms with Crippen molar-refractivity contribution in [3.05, 3.63) is 70.1 Å². The van der Waals surface area contributed by atoms with Crippen molar-refractivity contribution in [2.75, 3.05) is 6.61 Å². The van der Waals surface area contributed by atoms with E-state index in [2.05, 4.69) is 0 Å². The molecular weight excluding hydrogens is 338 g/mol. The molecule has 3 rings (SSSR count). The van der Waals surface area contributed by atoms with Crippen molar-refractivity contribution in [3.63, 3.8) is 0 Å². The van der Waals surface area contributed by atoms with Crippen molar-refractivity contribution in [2.45, 2.75) is 6.92 Å². The Morgan fingerprint density at radius 2 is 1.73 bits per heavy atom. The zero-order valence-corrected chi connectivity index (χ0v) is 13.9. The highest BCUT2D eigenvalue weighted by Crippen LogP contribution is 2.21. The van der Waals surface area contributed by atoms with Crippen LogP contribution >= 0.6 is 0 Å². The lowest BCUT2D eigenvalue weighted by Crippen LogP contribution is -2.20. The van der Waals surface area contributed by atoms with Crippen LogP contribution in [0.3, 0.4) is 0 Å². The van der Waals surface area contributed by atoms with E-state index in [1.807, 2.05) is 19.1 Å². The fraction of sp³-hybridized carbons (Fsp3) is 0.105. The Labute approximate surface area is 147 Å². The first kappa shape index (κ1) is 17.2. The molecule has 0 aliphatic carbocycles. The van der Waals surface area contributed by atoms with Gasteiger partial charge in [-0.05, 0) is 37.3 Å². The molecule has 2 aromatic carbocycles. The van der Waals surface area contributed by atoms with Crippen molar-refractivity contribution in [3.8, 4) is 11.5 Å². The van der Waals surface area contributed by atoms with E-state index in [1.54, 1.807) is 18.2 Å². The minimum absolute atomic E-state index is 0.171. The molecule has 7 nitrogen and oxygen atoms in total. The van der Waals surface area contributed by atoms with Gasteiger partial charge in [-0.2, -0.15) is 0 Å². The Kier molecular flexibility index (Phi) is 4.70. The molecule has 0 saturated heterocycles. The summed E-state index contributed by atoms with van der Waals surface area (Å²) in [5, 5.41) is 0.481. The molecule has 2 N–H and O–H groups in total. The first-order valence-corrected chi connectivity index (χ1v) is 7.70. The average Bonchev–Trinajstić information content (AvgIpc) is 2.60. The Morgan fingerprint density at radius 3 is 2.42 bits per heavy atom. The van der Waals surface area contributed by atoms with Crippen LogP contribution in [0.1, 0.15) is 15.9 Å². The number of ether oxygens (including phenoxy) is 2. The first-order valence-electron chi connectivity index (χ1n) is 7.70. The molecule has 1 amide bonds. The van der Waals surface area contributed by atoms with E-state index in [4.69, 9.17) is 19.6 Å². The van der Waals surface area contributed by atoms with Gasteiger partial charge in [0.2, 0.25) is 0 Å². The topological polar surface area (TPSA) is 109 Å². The summed E-state index contributed by atoms with van der Waals surface area (Å²) in [5.41, 5.74) is 5.27. The number of benzene rings is 2. The summed E-state index contributed by atoms with van der Waals surface area (Å²) in [5.74, 6) is -0.744. The maximum Gasteiger partial charge on any atom is 0.349 e. The molecule has 7 heteroatoms. The highest BCUT2D eigenvalue weighted by atomic mass is 16.6. The van der Waals surface area contributed by atoms with Gasteiger partial charge in [-0.3, -0.25) is 4.79 Å². The van der Waals surface area contributed by atoms with E-state index >= 15 is 0 Å². The molecule has 0 unspecified atom stereocenters. The summed E-state index contributed by atoms with van der Waals surface area (Å²) in [6, 6.07) is 13.0. The van der Waals surface area contributed by atoms with E-state index in [-0.39, 0.29) is 23.5 Å². The largest absolute Gasteiger partial charge is 0.482 e. The second kappa shape index (κ2) is 7.10. The fourth-order valence-electron chi connectivity index (χ4n) is 2.26. The van der Waals surface area contributed by atoms with Crippen molar-refractivity contribution in [1.29, 1.82) is 0 Å². The summed E-state index contributed by atoms with van der Waals surface area (Å²) < 4.78 is 15.6. The lowest BCUT2D eigenvalue weighted by Gasteiger charge is -2.07. The van der Waals surface area contributed by atoms with E-state index in [0.29, 0.717) is 11.1 Å². The molecule has 0 aliphatic heterocycles. The summed E-state index contributed by atoms with van der Waals surface area (Å²) >= 11 is 0. The zero-order valence-electron chi connectivity index (χ0n) is 13.9. The predicted molar refractivity (Wildman–Crippen MR) is 93.3 cm³/mol. The van der Waals surface area contributed by atoms with E-state index < -0.39 is 17.5 Å². The monoisotopic (exact) mass is 353 g/mol. The second-order valence-electron chi connectivity index (χ2n) is 5.59. The molecule has 0 bridgehead atoms. The molecule has 0 spiro atoms. The molecule has 26 heavy (non-hydrogen) atoms. The van der Waals surface area contributed by atoms with Crippen LogP contribution in [-0.2, 0) is 4.79 Å². The molecule has 132 valence electrons. The highest BCUT2D eigenvalue weighted by Gasteiger charge is 2.12. The second-order valence-corrected chi connectivity index (χ2v) is 5.59. The van der Waals surface area contributed by atoms with Gasteiger partial charge >= 0.3 is 11.6 Å². The quantitative estimate of drug-likeness (QED) is 0.428. The molecule has 0 radical (unpaired) electrons. The van der Waals surface area contributed by atoms with Crippen LogP contribution in [0, 0.1) is 6.92 Å². The third-order valence-corrected chi connectivity index (χ3v) is 3.58. The molecule has 1 heterocycles. The number of hydrogen-bond acceptors (Lipinski definition) is 6. The normalized spacial score (nSPS) is 10.5. The van der Waals surface area contributed by atoms with Crippen molar-refractivity contribution in [2.24, 2.45) is 5.73 Å². The number of nitrogens with two attached hydrogens (primary N) is 1. The minimum Gasteiger partial charge on any atom is -0.482 e. The molecule has 1 aromatic heterocycles. The lowest BCUT2D eigenvalue weighted by atomic mass is 10.2. The number of fused-ring (bicyclic) bond motifs is 1. The van der Waals surface area contributed by atoms with Gasteiger partial charge < -0.3 is 19.6 Å². The van der Waals surface area contributed by atoms with Gasteiger partial charge in [-0.1, -0.05) is 17.7 Å². The van der Waals surface area contributed by atoms with Crippen molar-refractivity contribution in [1.82, 2.24) is 0 Å². The SMILES string of the molecule is Cc1ccc(OCC(=O)Oc2ccc3cc(C(N)=O)c(=O)oc3c2)cc1. The molecule has 0 aliphatic rings. The van der Waals surface area contributed by atoms with Gasteiger partial charge in [0, 0.05) is 11.5 Å². The van der Waals surface area contributed by atoms with E-state index in [0.717, 1.165) is 5.56 Å². The summed E-state index contributed by atoms with van der Waals surface area (Å²) in [6.07, 6.45) is 0. The molecule has 0 fully saturated rings. The van der Waals surface area contributed by atoms with Crippen LogP contribution in [0.4, 0.5) is 0 Å². The van der Waals surface area contributed by atoms with Crippen LogP contribution in [-0.4, -0.2) is 18.5 Å². The van der Waals surface area contributed by atoms with Gasteiger partial charge in [0.1, 0.15) is 22.6 Å². The van der Waals surface area contributed by atoms with E-state index in [9.17, 15) is 14.4 Å². The van der Waals surface area contributed by atoms with Crippen molar-refractivity contribution < 1.29 is 23.5 Å². The van der Waals surface area contributed by atoms with Gasteiger partial charge in [-0.25, -0.2) is 9.59 Å². The van der Waals surface area contributed by atoms with Crippen LogP contribution in [0.25, 0.3) is 11.0 Å². The number of carbonyl (C=O) groups is 2. The minimum atomic E-state index is -0.871. The standard InChI is InChI=1S/C19H15NO6/c1-11-2-5-13(6-3-11)24-10-17(21)25-14-7-4-12-8-15(18(20)22)19(23)26-16(12)9-14/h2-9H,10H2,1H3,(H2,20,22). The number of aryl methyl sites for hydroxylation is 1. The lowest BCUT2D eigenvalue weighted by molar-refractivity contribution is -0.136. The van der Waals surface area contributed by atoms with Crippen LogP contribution in [0.15, 0.2) is 57.7 Å². The number of carbonyl (C=O) groups excluding carboxylic acids is 2. The van der Waals surface area contributed by atoms with Gasteiger partial charge in [-0.15, -0.1) is 0 Å². The van der Waals surface area contributed by atoms with Crippen LogP contribution in [0.5, 0.6) is 11.5 Å². The summed E-state index contributed by atoms with van der Waals surface area (Å²) in [7, 11) is 0. The predicted octanol–water partition coefficient (Wildman–Crippen LogP) is 2.18. The van der Waals surface area contributed by atoms with Crippen LogP contribution in [0.2, 0.25) is 0 Å². The van der Waals surface area contributed by atoms with Crippen LogP contribution < -0.4 is 20.8 Å². The number of rotatable bonds is 5. The molecule has 0 atom stereocenters. The zero-order chi connectivity index (χ0) is 18.7. The molecular formula is C19H15NO6. The highest BCUT2D eigenvalue weighted by molar-refractivity contribution is 5.95. The van der Waals surface area contributed by atoms with Gasteiger partial charge in [0.05, 0.1) is 0 Å². The Morgan fingerprint density at radius 1 is 1.04 bits per heavy atom. The Hall–Kier alpha value is -3.61. The van der Waals surface area contributed by atoms with Gasteiger partial charge in [0.15, 0.2) is 6.61 Å². The average molecular weight is 353 g/mol. The Balaban J connectivity index is 1.71. The maximum absolute atomic E-state index is 11.9. The van der Waals surface area contributed by atoms with E-state index in [1.165, 1.54) is 18.2 Å². The summed E-state index contributed by atoms with van der Waals surface area (Å²) in [6.45, 7) is 1.67. The summed E-state index contributed by atoms with van der Waals surface area (Å²) in [4.78, 5) is 34.8. The van der Waals surface area contributed by atoms with Gasteiger partial charge in [0.25, 0.3) is 5.91 Å². The Bertz CT molecular complexity index is 1040. The maximum atomic E-state index is 11.9. The third kappa shape index (κ3) is 3.89. The first-order chi connectivity index (χ1) is 12.4. The smallest absolute Gasteiger partial charge is 0.349 e. The molecule has 3 aromatic rings. The number of amides is 1. The molecule has 0 saturated carbocycles. The number of esters is 1. The number of primary amides is 1. The fourth-order valence-corrected chi connectivity index (χ4v) is 2.26. The van der Waals surface area contributed by atoms with Crippen molar-refractivity contribution >= 4 is 22.8 Å². The third-order valence-electron chi connectivity index (χ3n) is 3.58.